The number of carbonyl (C=O) groups is 3. The van der Waals surface area contributed by atoms with E-state index in [4.69, 9.17) is 14.2 Å². The Morgan fingerprint density at radius 1 is 0.949 bits per heavy atom. The third kappa shape index (κ3) is 3.87. The Morgan fingerprint density at radius 3 is 2.21 bits per heavy atom. The minimum atomic E-state index is -1.10. The van der Waals surface area contributed by atoms with E-state index in [1.807, 2.05) is 0 Å². The first kappa shape index (κ1) is 28.6. The Balaban J connectivity index is 1.69. The molecule has 5 aliphatic rings. The van der Waals surface area contributed by atoms with E-state index in [-0.39, 0.29) is 34.0 Å². The highest BCUT2D eigenvalue weighted by molar-refractivity contribution is 6.00. The summed E-state index contributed by atoms with van der Waals surface area (Å²) >= 11 is 0. The molecule has 0 saturated heterocycles. The van der Waals surface area contributed by atoms with Crippen molar-refractivity contribution in [2.24, 2.45) is 39.4 Å². The molecule has 8 heteroatoms. The number of ether oxygens (including phenoxy) is 3. The van der Waals surface area contributed by atoms with Crippen LogP contribution >= 0.6 is 0 Å². The van der Waals surface area contributed by atoms with Crippen LogP contribution in [0.4, 0.5) is 0 Å². The van der Waals surface area contributed by atoms with Crippen LogP contribution in [-0.2, 0) is 28.6 Å². The summed E-state index contributed by atoms with van der Waals surface area (Å²) in [5.41, 5.74) is 0.857. The van der Waals surface area contributed by atoms with Crippen molar-refractivity contribution in [3.63, 3.8) is 0 Å². The van der Waals surface area contributed by atoms with Gasteiger partial charge in [-0.25, -0.2) is 0 Å². The van der Waals surface area contributed by atoms with Gasteiger partial charge in [0.05, 0.1) is 11.7 Å². The van der Waals surface area contributed by atoms with Gasteiger partial charge in [-0.1, -0.05) is 41.0 Å². The average Bonchev–Trinajstić information content (AvgIpc) is 3.11. The molecule has 39 heavy (non-hydrogen) atoms. The van der Waals surface area contributed by atoms with E-state index >= 15 is 0 Å². The number of methoxy groups -OCH3 is 2. The van der Waals surface area contributed by atoms with Gasteiger partial charge in [-0.2, -0.15) is 0 Å². The first-order chi connectivity index (χ1) is 18.2. The maximum Gasteiger partial charge on any atom is 0.323 e. The third-order valence-corrected chi connectivity index (χ3v) is 12.3. The molecule has 1 amide bonds. The number of amides is 1. The van der Waals surface area contributed by atoms with Gasteiger partial charge in [-0.3, -0.25) is 19.3 Å². The first-order valence-corrected chi connectivity index (χ1v) is 14.7. The standard InChI is InChI=1S/C31H47NO7/c1-17(33)39-22-15-20-29(4)12-9-11-28(2,3)19(29)10-13-30(20,5)21-14-18(37-7)24-25(31(21,22)6)27(38-8)32(26(24)36)16-23(34)35/h18-22,27H,9-16H2,1-8H3,(H,34,35). The highest BCUT2D eigenvalue weighted by Crippen LogP contribution is 2.74. The Bertz CT molecular complexity index is 1100. The van der Waals surface area contributed by atoms with Gasteiger partial charge in [-0.05, 0) is 72.5 Å². The van der Waals surface area contributed by atoms with Crippen LogP contribution in [0.1, 0.15) is 86.5 Å². The average molecular weight is 546 g/mol. The van der Waals surface area contributed by atoms with Crippen molar-refractivity contribution in [1.82, 2.24) is 4.90 Å². The third-order valence-electron chi connectivity index (χ3n) is 12.3. The van der Waals surface area contributed by atoms with Gasteiger partial charge < -0.3 is 19.3 Å². The van der Waals surface area contributed by atoms with Crippen LogP contribution in [0.15, 0.2) is 11.1 Å². The number of aliphatic carboxylic acids is 1. The summed E-state index contributed by atoms with van der Waals surface area (Å²) in [5.74, 6) is -0.777. The lowest BCUT2D eigenvalue weighted by Gasteiger charge is -2.70. The van der Waals surface area contributed by atoms with Crippen LogP contribution in [0.25, 0.3) is 0 Å². The van der Waals surface area contributed by atoms with Crippen LogP contribution in [0.3, 0.4) is 0 Å². The number of hydrogen-bond donors (Lipinski definition) is 1. The first-order valence-electron chi connectivity index (χ1n) is 14.7. The fourth-order valence-electron chi connectivity index (χ4n) is 10.9. The highest BCUT2D eigenvalue weighted by atomic mass is 16.5. The molecular weight excluding hydrogens is 498 g/mol. The van der Waals surface area contributed by atoms with E-state index < -0.39 is 36.4 Å². The molecule has 0 aromatic rings. The molecule has 0 aromatic carbocycles. The summed E-state index contributed by atoms with van der Waals surface area (Å²) in [5, 5.41) is 9.64. The molecule has 1 heterocycles. The second-order valence-corrected chi connectivity index (χ2v) is 14.4. The molecular formula is C31H47NO7. The monoisotopic (exact) mass is 545 g/mol. The van der Waals surface area contributed by atoms with E-state index in [9.17, 15) is 19.5 Å². The zero-order valence-electron chi connectivity index (χ0n) is 25.0. The largest absolute Gasteiger partial charge is 0.480 e. The number of fused-ring (bicyclic) bond motifs is 6. The summed E-state index contributed by atoms with van der Waals surface area (Å²) in [6.07, 6.45) is 5.44. The van der Waals surface area contributed by atoms with E-state index in [0.717, 1.165) is 24.8 Å². The minimum Gasteiger partial charge on any atom is -0.480 e. The van der Waals surface area contributed by atoms with Crippen LogP contribution in [0, 0.1) is 39.4 Å². The zero-order valence-corrected chi connectivity index (χ0v) is 25.0. The predicted molar refractivity (Wildman–Crippen MR) is 144 cm³/mol. The Labute approximate surface area is 232 Å². The Hall–Kier alpha value is -1.93. The van der Waals surface area contributed by atoms with Gasteiger partial charge in [0.25, 0.3) is 5.91 Å². The van der Waals surface area contributed by atoms with Crippen LogP contribution in [0.2, 0.25) is 0 Å². The van der Waals surface area contributed by atoms with Crippen molar-refractivity contribution in [2.45, 2.75) is 105 Å². The summed E-state index contributed by atoms with van der Waals surface area (Å²) < 4.78 is 18.2. The lowest BCUT2D eigenvalue weighted by atomic mass is 9.35. The normalized spacial score (nSPS) is 44.7. The fraction of sp³-hybridized carbons (Fsp3) is 0.839. The smallest absolute Gasteiger partial charge is 0.323 e. The highest BCUT2D eigenvalue weighted by Gasteiger charge is 2.71. The predicted octanol–water partition coefficient (Wildman–Crippen LogP) is 4.81. The van der Waals surface area contributed by atoms with Gasteiger partial charge in [0.2, 0.25) is 0 Å². The van der Waals surface area contributed by atoms with E-state index in [0.29, 0.717) is 23.8 Å². The molecule has 5 rings (SSSR count). The number of nitrogens with zero attached hydrogens (tertiary/aromatic N) is 1. The van der Waals surface area contributed by atoms with Crippen LogP contribution in [-0.4, -0.2) is 67.1 Å². The molecule has 9 unspecified atom stereocenters. The second-order valence-electron chi connectivity index (χ2n) is 14.4. The topological polar surface area (TPSA) is 102 Å². The van der Waals surface area contributed by atoms with Crippen molar-refractivity contribution in [3.8, 4) is 0 Å². The maximum absolute atomic E-state index is 13.8. The molecule has 1 N–H and O–H groups in total. The van der Waals surface area contributed by atoms with Crippen molar-refractivity contribution in [3.05, 3.63) is 11.1 Å². The van der Waals surface area contributed by atoms with Gasteiger partial charge in [0.15, 0.2) is 6.23 Å². The Morgan fingerprint density at radius 2 is 1.62 bits per heavy atom. The summed E-state index contributed by atoms with van der Waals surface area (Å²) in [4.78, 5) is 39.5. The number of carboxylic acid groups (broad SMARTS) is 1. The van der Waals surface area contributed by atoms with Gasteiger partial charge >= 0.3 is 11.9 Å². The van der Waals surface area contributed by atoms with E-state index in [1.54, 1.807) is 7.11 Å². The maximum atomic E-state index is 13.8. The van der Waals surface area contributed by atoms with E-state index in [2.05, 4.69) is 34.6 Å². The quantitative estimate of drug-likeness (QED) is 0.495. The zero-order chi connectivity index (χ0) is 28.7. The number of esters is 1. The SMILES string of the molecule is COC1CC2C3(C)CCC4C(C)(C)CCCC4(C)C3CC(OC(C)=O)C2(C)C2=C1C(=O)N(CC(=O)O)C2OC. The molecule has 4 aliphatic carbocycles. The van der Waals surface area contributed by atoms with Gasteiger partial charge in [0.1, 0.15) is 12.6 Å². The number of rotatable bonds is 5. The van der Waals surface area contributed by atoms with Crippen molar-refractivity contribution in [1.29, 1.82) is 0 Å². The summed E-state index contributed by atoms with van der Waals surface area (Å²) in [6.45, 7) is 12.9. The van der Waals surface area contributed by atoms with Crippen molar-refractivity contribution < 1.29 is 33.7 Å². The molecule has 0 bridgehead atoms. The second kappa shape index (κ2) is 9.30. The Kier molecular flexibility index (Phi) is 6.82. The van der Waals surface area contributed by atoms with Crippen molar-refractivity contribution >= 4 is 17.8 Å². The molecule has 3 fully saturated rings. The van der Waals surface area contributed by atoms with Gasteiger partial charge in [-0.15, -0.1) is 0 Å². The molecule has 8 nitrogen and oxygen atoms in total. The summed E-state index contributed by atoms with van der Waals surface area (Å²) in [7, 11) is 3.14. The van der Waals surface area contributed by atoms with Crippen LogP contribution < -0.4 is 0 Å². The number of hydrogen-bond acceptors (Lipinski definition) is 6. The number of carboxylic acids is 1. The molecule has 1 aliphatic heterocycles. The lowest BCUT2D eigenvalue weighted by Crippen LogP contribution is -2.67. The van der Waals surface area contributed by atoms with E-state index in [1.165, 1.54) is 38.2 Å². The molecule has 9 atom stereocenters. The summed E-state index contributed by atoms with van der Waals surface area (Å²) in [6, 6.07) is 0. The molecule has 3 saturated carbocycles. The lowest BCUT2D eigenvalue weighted by molar-refractivity contribution is -0.232. The minimum absolute atomic E-state index is 0.0647. The molecule has 0 aromatic heterocycles. The molecule has 0 radical (unpaired) electrons. The fourth-order valence-corrected chi connectivity index (χ4v) is 10.9. The van der Waals surface area contributed by atoms with Gasteiger partial charge in [0, 0.05) is 32.1 Å². The van der Waals surface area contributed by atoms with Crippen molar-refractivity contribution in [2.75, 3.05) is 20.8 Å². The van der Waals surface area contributed by atoms with Crippen LogP contribution in [0.5, 0.6) is 0 Å². The number of carbonyl (C=O) groups excluding carboxylic acids is 2. The molecule has 218 valence electrons. The molecule has 0 spiro atoms.